The SMILES string of the molecule is CC(C)(C)c1ccc(-c2ccc(-c3ccc(S)cc3)cc2)cc1. The van der Waals surface area contributed by atoms with Crippen molar-refractivity contribution in [3.63, 3.8) is 0 Å². The van der Waals surface area contributed by atoms with Crippen molar-refractivity contribution in [3.05, 3.63) is 78.4 Å². The van der Waals surface area contributed by atoms with Crippen molar-refractivity contribution in [2.75, 3.05) is 0 Å². The Kier molecular flexibility index (Phi) is 4.32. The summed E-state index contributed by atoms with van der Waals surface area (Å²) in [4.78, 5) is 0.990. The van der Waals surface area contributed by atoms with Gasteiger partial charge in [-0.05, 0) is 45.4 Å². The van der Waals surface area contributed by atoms with Gasteiger partial charge in [0.2, 0.25) is 0 Å². The Morgan fingerprint density at radius 3 is 1.17 bits per heavy atom. The van der Waals surface area contributed by atoms with Crippen LogP contribution in [0.4, 0.5) is 0 Å². The van der Waals surface area contributed by atoms with Gasteiger partial charge in [0.15, 0.2) is 0 Å². The maximum Gasteiger partial charge on any atom is 0.00404 e. The lowest BCUT2D eigenvalue weighted by Crippen LogP contribution is -2.10. The molecule has 0 aliphatic heterocycles. The lowest BCUT2D eigenvalue weighted by Gasteiger charge is -2.19. The van der Waals surface area contributed by atoms with Crippen LogP contribution in [0.3, 0.4) is 0 Å². The second-order valence-corrected chi connectivity index (χ2v) is 7.47. The van der Waals surface area contributed by atoms with Crippen molar-refractivity contribution in [3.8, 4) is 22.3 Å². The standard InChI is InChI=1S/C22H22S/c1-22(2,3)20-12-8-18(9-13-20)16-4-6-17(7-5-16)19-10-14-21(23)15-11-19/h4-15,23H,1-3H3. The Morgan fingerprint density at radius 2 is 0.826 bits per heavy atom. The first-order chi connectivity index (χ1) is 10.9. The largest absolute Gasteiger partial charge is 0.143 e. The van der Waals surface area contributed by atoms with Crippen molar-refractivity contribution in [2.24, 2.45) is 0 Å². The van der Waals surface area contributed by atoms with E-state index in [0.717, 1.165) is 4.90 Å². The summed E-state index contributed by atoms with van der Waals surface area (Å²) in [7, 11) is 0. The van der Waals surface area contributed by atoms with E-state index in [1.54, 1.807) is 0 Å². The average Bonchev–Trinajstić information content (AvgIpc) is 2.55. The Hall–Kier alpha value is -1.99. The van der Waals surface area contributed by atoms with E-state index in [0.29, 0.717) is 0 Å². The minimum Gasteiger partial charge on any atom is -0.143 e. The normalized spacial score (nSPS) is 11.5. The van der Waals surface area contributed by atoms with E-state index < -0.39 is 0 Å². The molecule has 0 spiro atoms. The minimum absolute atomic E-state index is 0.196. The Bertz CT molecular complexity index is 773. The van der Waals surface area contributed by atoms with Crippen molar-refractivity contribution in [1.29, 1.82) is 0 Å². The molecule has 0 amide bonds. The van der Waals surface area contributed by atoms with Crippen LogP contribution in [0.2, 0.25) is 0 Å². The van der Waals surface area contributed by atoms with Gasteiger partial charge in [-0.25, -0.2) is 0 Å². The first-order valence-electron chi connectivity index (χ1n) is 7.94. The highest BCUT2D eigenvalue weighted by Crippen LogP contribution is 2.28. The number of benzene rings is 3. The molecule has 0 aliphatic rings. The quantitative estimate of drug-likeness (QED) is 0.505. The predicted octanol–water partition coefficient (Wildman–Crippen LogP) is 6.61. The summed E-state index contributed by atoms with van der Waals surface area (Å²) >= 11 is 4.34. The zero-order valence-electron chi connectivity index (χ0n) is 13.9. The van der Waals surface area contributed by atoms with Crippen molar-refractivity contribution < 1.29 is 0 Å². The van der Waals surface area contributed by atoms with Crippen molar-refractivity contribution in [2.45, 2.75) is 31.1 Å². The fraction of sp³-hybridized carbons (Fsp3) is 0.182. The average molecular weight is 318 g/mol. The fourth-order valence-electron chi connectivity index (χ4n) is 2.67. The molecule has 0 saturated heterocycles. The third-order valence-electron chi connectivity index (χ3n) is 4.17. The molecular weight excluding hydrogens is 296 g/mol. The summed E-state index contributed by atoms with van der Waals surface area (Å²) < 4.78 is 0. The molecule has 0 unspecified atom stereocenters. The van der Waals surface area contributed by atoms with Crippen molar-refractivity contribution >= 4 is 12.6 Å². The third-order valence-corrected chi connectivity index (χ3v) is 4.47. The molecule has 1 heteroatoms. The number of hydrogen-bond donors (Lipinski definition) is 1. The van der Waals surface area contributed by atoms with Gasteiger partial charge in [-0.1, -0.05) is 81.4 Å². The summed E-state index contributed by atoms with van der Waals surface area (Å²) in [5.41, 5.74) is 6.52. The first-order valence-corrected chi connectivity index (χ1v) is 8.38. The van der Waals surface area contributed by atoms with Gasteiger partial charge >= 0.3 is 0 Å². The summed E-state index contributed by atoms with van der Waals surface area (Å²) in [5, 5.41) is 0. The molecule has 0 aromatic heterocycles. The summed E-state index contributed by atoms with van der Waals surface area (Å²) in [6.07, 6.45) is 0. The highest BCUT2D eigenvalue weighted by Gasteiger charge is 2.13. The number of rotatable bonds is 2. The third kappa shape index (κ3) is 3.68. The molecule has 0 radical (unpaired) electrons. The Morgan fingerprint density at radius 1 is 0.522 bits per heavy atom. The van der Waals surface area contributed by atoms with Gasteiger partial charge in [0.25, 0.3) is 0 Å². The smallest absolute Gasteiger partial charge is 0.00404 e. The molecule has 0 aliphatic carbocycles. The number of hydrogen-bond acceptors (Lipinski definition) is 1. The van der Waals surface area contributed by atoms with Crippen LogP contribution < -0.4 is 0 Å². The molecule has 3 aromatic carbocycles. The summed E-state index contributed by atoms with van der Waals surface area (Å²) in [6, 6.07) is 25.9. The lowest BCUT2D eigenvalue weighted by atomic mass is 9.86. The van der Waals surface area contributed by atoms with Gasteiger partial charge in [-0.15, -0.1) is 12.6 Å². The second kappa shape index (κ2) is 6.25. The van der Waals surface area contributed by atoms with Crippen LogP contribution in [-0.4, -0.2) is 0 Å². The molecule has 116 valence electrons. The molecule has 0 nitrogen and oxygen atoms in total. The van der Waals surface area contributed by atoms with E-state index in [9.17, 15) is 0 Å². The fourth-order valence-corrected chi connectivity index (χ4v) is 2.82. The van der Waals surface area contributed by atoms with Crippen LogP contribution in [0.5, 0.6) is 0 Å². The predicted molar refractivity (Wildman–Crippen MR) is 103 cm³/mol. The molecule has 3 rings (SSSR count). The van der Waals surface area contributed by atoms with Gasteiger partial charge in [-0.3, -0.25) is 0 Å². The van der Waals surface area contributed by atoms with Crippen LogP contribution in [0, 0.1) is 0 Å². The van der Waals surface area contributed by atoms with E-state index in [-0.39, 0.29) is 5.41 Å². The van der Waals surface area contributed by atoms with E-state index >= 15 is 0 Å². The molecular formula is C22H22S. The van der Waals surface area contributed by atoms with E-state index in [1.165, 1.54) is 27.8 Å². The van der Waals surface area contributed by atoms with Crippen LogP contribution in [0.1, 0.15) is 26.3 Å². The van der Waals surface area contributed by atoms with E-state index in [2.05, 4.69) is 94.1 Å². The van der Waals surface area contributed by atoms with Gasteiger partial charge in [0, 0.05) is 4.90 Å². The lowest BCUT2D eigenvalue weighted by molar-refractivity contribution is 0.590. The molecule has 0 heterocycles. The Labute approximate surface area is 144 Å². The molecule has 0 atom stereocenters. The maximum absolute atomic E-state index is 4.34. The maximum atomic E-state index is 4.34. The summed E-state index contributed by atoms with van der Waals surface area (Å²) in [5.74, 6) is 0. The second-order valence-electron chi connectivity index (χ2n) is 6.95. The molecule has 0 saturated carbocycles. The molecule has 0 bridgehead atoms. The van der Waals surface area contributed by atoms with Gasteiger partial charge in [0.1, 0.15) is 0 Å². The molecule has 3 aromatic rings. The number of thiol groups is 1. The summed E-state index contributed by atoms with van der Waals surface area (Å²) in [6.45, 7) is 6.73. The topological polar surface area (TPSA) is 0 Å². The zero-order chi connectivity index (χ0) is 16.4. The van der Waals surface area contributed by atoms with Gasteiger partial charge in [-0.2, -0.15) is 0 Å². The van der Waals surface area contributed by atoms with E-state index in [1.807, 2.05) is 12.1 Å². The van der Waals surface area contributed by atoms with Crippen LogP contribution in [-0.2, 0) is 5.41 Å². The molecule has 0 fully saturated rings. The highest BCUT2D eigenvalue weighted by atomic mass is 32.1. The van der Waals surface area contributed by atoms with Crippen LogP contribution in [0.15, 0.2) is 77.7 Å². The minimum atomic E-state index is 0.196. The Balaban J connectivity index is 1.86. The highest BCUT2D eigenvalue weighted by molar-refractivity contribution is 7.80. The van der Waals surface area contributed by atoms with Crippen LogP contribution in [0.25, 0.3) is 22.3 Å². The zero-order valence-corrected chi connectivity index (χ0v) is 14.8. The van der Waals surface area contributed by atoms with Gasteiger partial charge in [0.05, 0.1) is 0 Å². The van der Waals surface area contributed by atoms with Gasteiger partial charge < -0.3 is 0 Å². The molecule has 23 heavy (non-hydrogen) atoms. The molecule has 0 N–H and O–H groups in total. The van der Waals surface area contributed by atoms with Crippen LogP contribution >= 0.6 is 12.6 Å². The first kappa shape index (κ1) is 15.9. The monoisotopic (exact) mass is 318 g/mol. The van der Waals surface area contributed by atoms with E-state index in [4.69, 9.17) is 0 Å². The van der Waals surface area contributed by atoms with Crippen molar-refractivity contribution in [1.82, 2.24) is 0 Å².